The summed E-state index contributed by atoms with van der Waals surface area (Å²) < 4.78 is 0. The molecule has 4 nitrogen and oxygen atoms in total. The van der Waals surface area contributed by atoms with Crippen LogP contribution in [0.25, 0.3) is 11.1 Å². The first-order chi connectivity index (χ1) is 12.7. The Balaban J connectivity index is 1.63. The number of hydrogen-bond donors (Lipinski definition) is 3. The minimum atomic E-state index is -0.901. The topological polar surface area (TPSA) is 75.3 Å². The van der Waals surface area contributed by atoms with Gasteiger partial charge >= 0.3 is 5.97 Å². The van der Waals surface area contributed by atoms with Gasteiger partial charge in [-0.3, -0.25) is 0 Å². The quantitative estimate of drug-likeness (QED) is 0.671. The van der Waals surface area contributed by atoms with Crippen molar-refractivity contribution < 1.29 is 9.90 Å². The molecule has 0 heterocycles. The monoisotopic (exact) mass is 352 g/mol. The number of hydrogen-bond acceptors (Lipinski definition) is 3. The van der Waals surface area contributed by atoms with Crippen molar-refractivity contribution in [1.29, 1.82) is 0 Å². The standard InChI is InChI=1S/C22H28N2O2/c23-15-20(12-13-24-21-6-1-2-7-21)17-10-8-16(9-11-17)18-4-3-5-19(14-18)22(25)26/h3-5,8-11,14,20-21,24H,1-2,6-7,12-13,15,23H2,(H,25,26). The molecule has 3 rings (SSSR count). The summed E-state index contributed by atoms with van der Waals surface area (Å²) in [5.41, 5.74) is 9.51. The summed E-state index contributed by atoms with van der Waals surface area (Å²) in [7, 11) is 0. The van der Waals surface area contributed by atoms with Gasteiger partial charge in [0.25, 0.3) is 0 Å². The smallest absolute Gasteiger partial charge is 0.335 e. The van der Waals surface area contributed by atoms with Gasteiger partial charge in [-0.15, -0.1) is 0 Å². The van der Waals surface area contributed by atoms with E-state index in [1.165, 1.54) is 31.2 Å². The highest BCUT2D eigenvalue weighted by Gasteiger charge is 2.15. The van der Waals surface area contributed by atoms with Gasteiger partial charge in [0, 0.05) is 6.04 Å². The zero-order valence-electron chi connectivity index (χ0n) is 15.2. The molecule has 2 aromatic carbocycles. The Morgan fingerprint density at radius 2 is 1.85 bits per heavy atom. The minimum Gasteiger partial charge on any atom is -0.478 e. The number of carboxylic acid groups (broad SMARTS) is 1. The van der Waals surface area contributed by atoms with Crippen molar-refractivity contribution in [3.8, 4) is 11.1 Å². The molecule has 4 heteroatoms. The van der Waals surface area contributed by atoms with Crippen molar-refractivity contribution in [2.24, 2.45) is 5.73 Å². The van der Waals surface area contributed by atoms with Crippen LogP contribution in [-0.4, -0.2) is 30.2 Å². The van der Waals surface area contributed by atoms with Crippen LogP contribution in [0.3, 0.4) is 0 Å². The summed E-state index contributed by atoms with van der Waals surface area (Å²) in [5.74, 6) is -0.551. The van der Waals surface area contributed by atoms with Gasteiger partial charge in [-0.2, -0.15) is 0 Å². The Kier molecular flexibility index (Phi) is 6.42. The molecule has 1 aliphatic carbocycles. The zero-order valence-corrected chi connectivity index (χ0v) is 15.2. The third-order valence-electron chi connectivity index (χ3n) is 5.39. The maximum atomic E-state index is 11.1. The summed E-state index contributed by atoms with van der Waals surface area (Å²) in [6.07, 6.45) is 6.35. The normalized spacial score (nSPS) is 15.9. The Morgan fingerprint density at radius 3 is 2.50 bits per heavy atom. The van der Waals surface area contributed by atoms with Crippen LogP contribution in [0.15, 0.2) is 48.5 Å². The lowest BCUT2D eigenvalue weighted by Gasteiger charge is -2.18. The molecule has 1 saturated carbocycles. The highest BCUT2D eigenvalue weighted by Crippen LogP contribution is 2.25. The van der Waals surface area contributed by atoms with Gasteiger partial charge in [-0.1, -0.05) is 49.2 Å². The second-order valence-corrected chi connectivity index (χ2v) is 7.16. The Morgan fingerprint density at radius 1 is 1.12 bits per heavy atom. The van der Waals surface area contributed by atoms with Crippen molar-refractivity contribution in [2.45, 2.75) is 44.1 Å². The van der Waals surface area contributed by atoms with Crippen LogP contribution in [-0.2, 0) is 0 Å². The summed E-state index contributed by atoms with van der Waals surface area (Å²) >= 11 is 0. The molecule has 0 bridgehead atoms. The predicted octanol–water partition coefficient (Wildman–Crippen LogP) is 4.02. The first-order valence-corrected chi connectivity index (χ1v) is 9.54. The second kappa shape index (κ2) is 8.97. The van der Waals surface area contributed by atoms with E-state index in [0.717, 1.165) is 24.1 Å². The summed E-state index contributed by atoms with van der Waals surface area (Å²) in [6.45, 7) is 1.65. The van der Waals surface area contributed by atoms with Gasteiger partial charge in [-0.05, 0) is 67.1 Å². The Bertz CT molecular complexity index is 721. The van der Waals surface area contributed by atoms with E-state index in [1.54, 1.807) is 18.2 Å². The largest absolute Gasteiger partial charge is 0.478 e. The van der Waals surface area contributed by atoms with Crippen LogP contribution in [0.4, 0.5) is 0 Å². The third kappa shape index (κ3) is 4.71. The van der Waals surface area contributed by atoms with Gasteiger partial charge in [0.05, 0.1) is 5.56 Å². The van der Waals surface area contributed by atoms with Crippen molar-refractivity contribution in [3.63, 3.8) is 0 Å². The van der Waals surface area contributed by atoms with E-state index in [1.807, 2.05) is 6.07 Å². The fourth-order valence-electron chi connectivity index (χ4n) is 3.79. The molecule has 0 amide bonds. The number of nitrogens with two attached hydrogens (primary N) is 1. The first kappa shape index (κ1) is 18.6. The SMILES string of the molecule is NCC(CCNC1CCCC1)c1ccc(-c2cccc(C(=O)O)c2)cc1. The number of benzene rings is 2. The number of nitrogens with one attached hydrogen (secondary N) is 1. The van der Waals surface area contributed by atoms with E-state index in [2.05, 4.69) is 29.6 Å². The second-order valence-electron chi connectivity index (χ2n) is 7.16. The maximum absolute atomic E-state index is 11.1. The molecule has 1 unspecified atom stereocenters. The summed E-state index contributed by atoms with van der Waals surface area (Å²) in [4.78, 5) is 11.1. The molecule has 0 aromatic heterocycles. The lowest BCUT2D eigenvalue weighted by molar-refractivity contribution is 0.0697. The third-order valence-corrected chi connectivity index (χ3v) is 5.39. The first-order valence-electron chi connectivity index (χ1n) is 9.54. The summed E-state index contributed by atoms with van der Waals surface area (Å²) in [6, 6.07) is 16.1. The molecule has 2 aromatic rings. The molecule has 0 aliphatic heterocycles. The van der Waals surface area contributed by atoms with E-state index in [9.17, 15) is 4.79 Å². The van der Waals surface area contributed by atoms with E-state index in [0.29, 0.717) is 24.1 Å². The number of carboxylic acids is 1. The number of carbonyl (C=O) groups is 1. The molecular weight excluding hydrogens is 324 g/mol. The Labute approximate surface area is 155 Å². The molecular formula is C22H28N2O2. The fourth-order valence-corrected chi connectivity index (χ4v) is 3.79. The van der Waals surface area contributed by atoms with Crippen molar-refractivity contribution in [1.82, 2.24) is 5.32 Å². The van der Waals surface area contributed by atoms with Crippen LogP contribution in [0.2, 0.25) is 0 Å². The van der Waals surface area contributed by atoms with E-state index in [-0.39, 0.29) is 0 Å². The van der Waals surface area contributed by atoms with Crippen molar-refractivity contribution in [2.75, 3.05) is 13.1 Å². The highest BCUT2D eigenvalue weighted by molar-refractivity contribution is 5.89. The van der Waals surface area contributed by atoms with Gasteiger partial charge in [-0.25, -0.2) is 4.79 Å². The van der Waals surface area contributed by atoms with Crippen molar-refractivity contribution >= 4 is 5.97 Å². The van der Waals surface area contributed by atoms with Gasteiger partial charge in [0.1, 0.15) is 0 Å². The molecule has 0 saturated heterocycles. The molecule has 0 radical (unpaired) electrons. The summed E-state index contributed by atoms with van der Waals surface area (Å²) in [5, 5.41) is 12.8. The molecule has 138 valence electrons. The van der Waals surface area contributed by atoms with Crippen molar-refractivity contribution in [3.05, 3.63) is 59.7 Å². The molecule has 26 heavy (non-hydrogen) atoms. The zero-order chi connectivity index (χ0) is 18.4. The molecule has 1 fully saturated rings. The lowest BCUT2D eigenvalue weighted by atomic mass is 9.93. The van der Waals surface area contributed by atoms with E-state index >= 15 is 0 Å². The minimum absolute atomic E-state index is 0.310. The lowest BCUT2D eigenvalue weighted by Crippen LogP contribution is -2.29. The molecule has 1 aliphatic rings. The van der Waals surface area contributed by atoms with E-state index in [4.69, 9.17) is 10.8 Å². The molecule has 4 N–H and O–H groups in total. The fraction of sp³-hybridized carbons (Fsp3) is 0.409. The number of aromatic carboxylic acids is 1. The Hall–Kier alpha value is -2.17. The average molecular weight is 352 g/mol. The molecule has 0 spiro atoms. The molecule has 1 atom stereocenters. The highest BCUT2D eigenvalue weighted by atomic mass is 16.4. The van der Waals surface area contributed by atoms with Crippen LogP contribution in [0.5, 0.6) is 0 Å². The maximum Gasteiger partial charge on any atom is 0.335 e. The van der Waals surface area contributed by atoms with E-state index < -0.39 is 5.97 Å². The van der Waals surface area contributed by atoms with Crippen LogP contribution in [0, 0.1) is 0 Å². The number of rotatable bonds is 8. The van der Waals surface area contributed by atoms with Crippen LogP contribution < -0.4 is 11.1 Å². The van der Waals surface area contributed by atoms with Crippen LogP contribution >= 0.6 is 0 Å². The van der Waals surface area contributed by atoms with Gasteiger partial charge in [0.2, 0.25) is 0 Å². The van der Waals surface area contributed by atoms with Gasteiger partial charge < -0.3 is 16.2 Å². The van der Waals surface area contributed by atoms with Crippen LogP contribution in [0.1, 0.15) is 53.9 Å². The predicted molar refractivity (Wildman–Crippen MR) is 106 cm³/mol. The van der Waals surface area contributed by atoms with Gasteiger partial charge in [0.15, 0.2) is 0 Å². The average Bonchev–Trinajstić information content (AvgIpc) is 3.19.